The number of phenols is 2. The first-order chi connectivity index (χ1) is 32.5. The Kier molecular flexibility index (Phi) is 13.8. The monoisotopic (exact) mass is 958 g/mol. The summed E-state index contributed by atoms with van der Waals surface area (Å²) in [5.74, 6) is -3.73. The summed E-state index contributed by atoms with van der Waals surface area (Å²) in [7, 11) is 0. The van der Waals surface area contributed by atoms with Gasteiger partial charge in [0.05, 0.1) is 0 Å². The molecule has 4 aromatic carbocycles. The van der Waals surface area contributed by atoms with E-state index in [1.165, 1.54) is 0 Å². The van der Waals surface area contributed by atoms with Crippen LogP contribution in [-0.2, 0) is 85.8 Å². The van der Waals surface area contributed by atoms with Crippen molar-refractivity contribution >= 4 is 35.6 Å². The van der Waals surface area contributed by atoms with Crippen LogP contribution in [0.5, 0.6) is 23.0 Å². The van der Waals surface area contributed by atoms with Crippen LogP contribution in [0.4, 0.5) is 0 Å². The van der Waals surface area contributed by atoms with Gasteiger partial charge in [-0.3, -0.25) is 19.2 Å². The van der Waals surface area contributed by atoms with Gasteiger partial charge in [-0.1, -0.05) is 132 Å². The van der Waals surface area contributed by atoms with E-state index in [2.05, 4.69) is 83.1 Å². The van der Waals surface area contributed by atoms with Gasteiger partial charge in [-0.05, 0) is 88.4 Å². The minimum Gasteiger partial charge on any atom is -0.507 e. The lowest BCUT2D eigenvalue weighted by Crippen LogP contribution is -2.34. The minimum absolute atomic E-state index is 0.0102. The van der Waals surface area contributed by atoms with Crippen molar-refractivity contribution in [3.05, 3.63) is 115 Å². The predicted octanol–water partition coefficient (Wildman–Crippen LogP) is 8.94. The lowest BCUT2D eigenvalue weighted by molar-refractivity contribution is -0.198. The van der Waals surface area contributed by atoms with Crippen molar-refractivity contribution in [3.63, 3.8) is 0 Å². The fourth-order valence-electron chi connectivity index (χ4n) is 8.85. The van der Waals surface area contributed by atoms with E-state index in [4.69, 9.17) is 19.1 Å². The maximum Gasteiger partial charge on any atom is 0.370 e. The summed E-state index contributed by atoms with van der Waals surface area (Å²) in [4.78, 5) is 86.8. The first kappa shape index (κ1) is 51.2. The molecule has 4 amide bonds. The molecule has 70 heavy (non-hydrogen) atoms. The van der Waals surface area contributed by atoms with E-state index < -0.39 is 70.4 Å². The molecular weight excluding hydrogens is 893 g/mol. The number of ether oxygens (including phenoxy) is 2. The summed E-state index contributed by atoms with van der Waals surface area (Å²) in [6.45, 7) is 23.6. The molecule has 0 unspecified atom stereocenters. The molecular formula is C56H66N2O12. The molecule has 0 atom stereocenters. The van der Waals surface area contributed by atoms with E-state index >= 15 is 0 Å². The molecule has 2 fully saturated rings. The average Bonchev–Trinajstić information content (AvgIpc) is 3.73. The third kappa shape index (κ3) is 11.2. The standard InChI is InChI=1S/C56H66N2O12/c1-53(2,3)39-21-31-17-35-25-41(55(7,8)9)27-37(51(35)67-29-47(63)69-57-43(59)13-14-44(57)60)19-33-23-40(54(4,5)6)24-34(50(33)66)20-38-28-42(56(10,11)12)26-36(18-32(22-39)49(31)65)52(38)68-30-48(64)70-58-45(61)15-16-46(58)62/h21-28,65-66H,13-20,29-30H2,1-12H3. The molecule has 14 heteroatoms. The molecule has 2 aliphatic heterocycles. The number of carbonyl (C=O) groups excluding carboxylic acids is 6. The number of imide groups is 2. The zero-order valence-corrected chi connectivity index (χ0v) is 42.6. The Morgan fingerprint density at radius 1 is 0.414 bits per heavy atom. The summed E-state index contributed by atoms with van der Waals surface area (Å²) < 4.78 is 12.9. The maximum absolute atomic E-state index is 13.4. The topological polar surface area (TPSA) is 186 Å². The van der Waals surface area contributed by atoms with Gasteiger partial charge < -0.3 is 29.4 Å². The molecule has 2 saturated heterocycles. The molecule has 0 saturated carbocycles. The van der Waals surface area contributed by atoms with Crippen LogP contribution >= 0.6 is 0 Å². The number of carbonyl (C=O) groups is 6. The van der Waals surface area contributed by atoms with E-state index in [1.807, 2.05) is 48.5 Å². The third-order valence-electron chi connectivity index (χ3n) is 13.1. The second-order valence-corrected chi connectivity index (χ2v) is 22.9. The molecule has 0 spiro atoms. The van der Waals surface area contributed by atoms with Gasteiger partial charge in [0, 0.05) is 51.4 Å². The first-order valence-electron chi connectivity index (χ1n) is 23.9. The fourth-order valence-corrected chi connectivity index (χ4v) is 8.85. The summed E-state index contributed by atoms with van der Waals surface area (Å²) in [6.07, 6.45) is 0.251. The SMILES string of the molecule is CC(C)(C)c1cc2c(O)c(c1)Cc1cc(C(C)(C)C)cc(c1OCC(=O)ON1C(=O)CCC1=O)Cc1cc(C(C)(C)C)cc(c1O)Cc1cc(C(C)(C)C)cc(c1OCC(=O)ON1C(=O)CCC1=O)C2. The van der Waals surface area contributed by atoms with Crippen LogP contribution in [0.2, 0.25) is 0 Å². The molecule has 4 aromatic rings. The predicted molar refractivity (Wildman–Crippen MR) is 260 cm³/mol. The lowest BCUT2D eigenvalue weighted by atomic mass is 9.79. The summed E-state index contributed by atoms with van der Waals surface area (Å²) in [5, 5.41) is 26.1. The summed E-state index contributed by atoms with van der Waals surface area (Å²) in [5.41, 5.74) is 6.87. The van der Waals surface area contributed by atoms with Gasteiger partial charge in [-0.2, -0.15) is 0 Å². The van der Waals surface area contributed by atoms with Gasteiger partial charge in [-0.15, -0.1) is 10.1 Å². The Balaban J connectivity index is 1.47. The Labute approximate surface area is 410 Å². The molecule has 7 rings (SSSR count). The van der Waals surface area contributed by atoms with Gasteiger partial charge in [0.1, 0.15) is 23.0 Å². The van der Waals surface area contributed by atoms with Crippen molar-refractivity contribution in [2.24, 2.45) is 0 Å². The Morgan fingerprint density at radius 3 is 0.843 bits per heavy atom. The second-order valence-electron chi connectivity index (χ2n) is 22.9. The van der Waals surface area contributed by atoms with Crippen molar-refractivity contribution in [2.45, 2.75) is 156 Å². The van der Waals surface area contributed by atoms with Crippen LogP contribution in [0.25, 0.3) is 0 Å². The summed E-state index contributed by atoms with van der Waals surface area (Å²) >= 11 is 0. The number of hydrogen-bond acceptors (Lipinski definition) is 12. The van der Waals surface area contributed by atoms with Crippen molar-refractivity contribution < 1.29 is 58.1 Å². The van der Waals surface area contributed by atoms with Crippen molar-refractivity contribution in [1.82, 2.24) is 10.1 Å². The summed E-state index contributed by atoms with van der Waals surface area (Å²) in [6, 6.07) is 15.8. The molecule has 0 aromatic heterocycles. The Hall–Kier alpha value is -6.70. The Bertz CT molecular complexity index is 2490. The number of fused-ring (bicyclic) bond motifs is 8. The molecule has 1 aliphatic carbocycles. The smallest absolute Gasteiger partial charge is 0.370 e. The zero-order chi connectivity index (χ0) is 51.4. The zero-order valence-electron chi connectivity index (χ0n) is 42.6. The van der Waals surface area contributed by atoms with E-state index in [9.17, 15) is 39.0 Å². The van der Waals surface area contributed by atoms with Crippen LogP contribution in [0.15, 0.2) is 48.5 Å². The number of nitrogens with zero attached hydrogens (tertiary/aromatic N) is 2. The Morgan fingerprint density at radius 2 is 0.629 bits per heavy atom. The highest BCUT2D eigenvalue weighted by Gasteiger charge is 2.35. The lowest BCUT2D eigenvalue weighted by Gasteiger charge is -2.28. The van der Waals surface area contributed by atoms with Gasteiger partial charge >= 0.3 is 11.9 Å². The number of amides is 4. The van der Waals surface area contributed by atoms with E-state index in [0.29, 0.717) is 66.1 Å². The molecule has 8 bridgehead atoms. The normalized spacial score (nSPS) is 15.7. The van der Waals surface area contributed by atoms with Gasteiger partial charge in [0.25, 0.3) is 23.6 Å². The molecule has 3 aliphatic rings. The second kappa shape index (κ2) is 18.9. The quantitative estimate of drug-likeness (QED) is 0.141. The molecule has 2 heterocycles. The fraction of sp³-hybridized carbons (Fsp3) is 0.464. The van der Waals surface area contributed by atoms with E-state index in [0.717, 1.165) is 22.3 Å². The maximum atomic E-state index is 13.4. The number of hydroxylamine groups is 4. The largest absolute Gasteiger partial charge is 0.507 e. The van der Waals surface area contributed by atoms with Crippen LogP contribution in [0.3, 0.4) is 0 Å². The van der Waals surface area contributed by atoms with Crippen molar-refractivity contribution in [3.8, 4) is 23.0 Å². The number of aromatic hydroxyl groups is 2. The van der Waals surface area contributed by atoms with E-state index in [1.54, 1.807) is 0 Å². The van der Waals surface area contributed by atoms with Gasteiger partial charge in [0.15, 0.2) is 13.2 Å². The van der Waals surface area contributed by atoms with Crippen molar-refractivity contribution in [2.75, 3.05) is 13.2 Å². The molecule has 2 N–H and O–H groups in total. The van der Waals surface area contributed by atoms with Crippen molar-refractivity contribution in [1.29, 1.82) is 0 Å². The first-order valence-corrected chi connectivity index (χ1v) is 23.9. The number of benzene rings is 4. The number of phenolic OH excluding ortho intramolecular Hbond substituents is 2. The highest BCUT2D eigenvalue weighted by atomic mass is 16.7. The average molecular weight is 959 g/mol. The third-order valence-corrected chi connectivity index (χ3v) is 13.1. The number of hydrogen-bond donors (Lipinski definition) is 2. The molecule has 372 valence electrons. The molecule has 14 nitrogen and oxygen atoms in total. The highest BCUT2D eigenvalue weighted by Crippen LogP contribution is 2.44. The van der Waals surface area contributed by atoms with Crippen LogP contribution in [0.1, 0.15) is 176 Å². The van der Waals surface area contributed by atoms with Crippen LogP contribution in [-0.4, -0.2) is 69.1 Å². The van der Waals surface area contributed by atoms with Gasteiger partial charge in [-0.25, -0.2) is 9.59 Å². The van der Waals surface area contributed by atoms with Crippen LogP contribution in [0, 0.1) is 0 Å². The minimum atomic E-state index is -0.956. The van der Waals surface area contributed by atoms with Gasteiger partial charge in [0.2, 0.25) is 0 Å². The molecule has 0 radical (unpaired) electrons. The van der Waals surface area contributed by atoms with E-state index in [-0.39, 0.29) is 62.9 Å². The van der Waals surface area contributed by atoms with Crippen LogP contribution < -0.4 is 9.47 Å². The number of rotatable bonds is 8. The highest BCUT2D eigenvalue weighted by molar-refractivity contribution is 6.02.